The van der Waals surface area contributed by atoms with Crippen molar-refractivity contribution in [2.24, 2.45) is 0 Å². The minimum absolute atomic E-state index is 0.0566. The number of hydrogen-bond donors (Lipinski definition) is 2. The number of nitrogens with zero attached hydrogens (tertiary/aromatic N) is 2. The summed E-state index contributed by atoms with van der Waals surface area (Å²) in [5.74, 6) is 1.47. The fourth-order valence-electron chi connectivity index (χ4n) is 3.99. The summed E-state index contributed by atoms with van der Waals surface area (Å²) in [5, 5.41) is 14.2. The molecule has 1 aliphatic rings. The number of fused-ring (bicyclic) bond motifs is 3. The summed E-state index contributed by atoms with van der Waals surface area (Å²) < 4.78 is 24.6. The van der Waals surface area contributed by atoms with Gasteiger partial charge in [0.2, 0.25) is 0 Å². The van der Waals surface area contributed by atoms with Crippen molar-refractivity contribution < 1.29 is 28.5 Å². The highest BCUT2D eigenvalue weighted by atomic mass is 32.1. The van der Waals surface area contributed by atoms with Crippen LogP contribution in [-0.2, 0) is 11.3 Å². The number of rotatable bonds is 9. The van der Waals surface area contributed by atoms with Crippen LogP contribution >= 0.6 is 11.3 Å². The molecule has 10 nitrogen and oxygen atoms in total. The third kappa shape index (κ3) is 6.21. The molecule has 3 aromatic rings. The van der Waals surface area contributed by atoms with Crippen LogP contribution in [0.4, 0.5) is 4.79 Å². The minimum atomic E-state index is -0.563. The Morgan fingerprint density at radius 1 is 1.18 bits per heavy atom. The van der Waals surface area contributed by atoms with E-state index in [0.29, 0.717) is 48.0 Å². The predicted octanol–water partition coefficient (Wildman–Crippen LogP) is 4.93. The van der Waals surface area contributed by atoms with Gasteiger partial charge in [-0.1, -0.05) is 0 Å². The van der Waals surface area contributed by atoms with E-state index < -0.39 is 11.7 Å². The van der Waals surface area contributed by atoms with Crippen LogP contribution in [0.3, 0.4) is 0 Å². The topological polar surface area (TPSA) is 113 Å². The van der Waals surface area contributed by atoms with Crippen LogP contribution in [0.5, 0.6) is 17.2 Å². The van der Waals surface area contributed by atoms with Gasteiger partial charge < -0.3 is 29.6 Å². The molecule has 11 heteroatoms. The molecule has 2 N–H and O–H groups in total. The maximum absolute atomic E-state index is 13.2. The first-order chi connectivity index (χ1) is 18.1. The van der Waals surface area contributed by atoms with E-state index in [1.54, 1.807) is 50.0 Å². The molecule has 204 valence electrons. The van der Waals surface area contributed by atoms with Gasteiger partial charge in [-0.15, -0.1) is 0 Å². The number of aromatic nitrogens is 2. The summed E-state index contributed by atoms with van der Waals surface area (Å²) in [4.78, 5) is 25.0. The summed E-state index contributed by atoms with van der Waals surface area (Å²) in [6, 6.07) is 5.63. The number of methoxy groups -OCH3 is 1. The standard InChI is InChI=1S/C27H34N4O6S/c1-16(2)36-22-12-18-20(13-21(22)34-6)35-14-19-23(30-31(24(18)19)17-8-11-38-15-17)25(32)28-9-7-10-29-26(33)37-27(3,4)5/h8,11-13,15-16H,7,9-10,14H2,1-6H3,(H,28,32)(H,29,33). The highest BCUT2D eigenvalue weighted by molar-refractivity contribution is 7.08. The molecule has 0 aliphatic carbocycles. The van der Waals surface area contributed by atoms with E-state index in [9.17, 15) is 9.59 Å². The Kier molecular flexibility index (Phi) is 8.15. The smallest absolute Gasteiger partial charge is 0.407 e. The normalized spacial score (nSPS) is 12.3. The number of nitrogens with one attached hydrogen (secondary N) is 2. The summed E-state index contributed by atoms with van der Waals surface area (Å²) in [6.45, 7) is 10.2. The number of benzene rings is 1. The van der Waals surface area contributed by atoms with Crippen LogP contribution in [0.25, 0.3) is 16.9 Å². The SMILES string of the molecule is COc1cc2c(cc1OC(C)C)-c1c(c(C(=O)NCCCNC(=O)OC(C)(C)C)nn1-c1ccsc1)CO2. The van der Waals surface area contributed by atoms with E-state index >= 15 is 0 Å². The maximum Gasteiger partial charge on any atom is 0.407 e. The molecule has 38 heavy (non-hydrogen) atoms. The van der Waals surface area contributed by atoms with Crippen molar-refractivity contribution in [3.05, 3.63) is 40.2 Å². The number of ether oxygens (including phenoxy) is 4. The van der Waals surface area contributed by atoms with Crippen molar-refractivity contribution in [1.29, 1.82) is 0 Å². The second kappa shape index (κ2) is 11.3. The quantitative estimate of drug-likeness (QED) is 0.369. The molecule has 0 unspecified atom stereocenters. The van der Waals surface area contributed by atoms with Gasteiger partial charge in [0.15, 0.2) is 17.2 Å². The summed E-state index contributed by atoms with van der Waals surface area (Å²) in [6.07, 6.45) is -0.00695. The van der Waals surface area contributed by atoms with Crippen molar-refractivity contribution in [3.63, 3.8) is 0 Å². The van der Waals surface area contributed by atoms with Gasteiger partial charge in [-0.3, -0.25) is 4.79 Å². The van der Waals surface area contributed by atoms with Gasteiger partial charge in [-0.2, -0.15) is 16.4 Å². The minimum Gasteiger partial charge on any atom is -0.493 e. The highest BCUT2D eigenvalue weighted by Gasteiger charge is 2.31. The van der Waals surface area contributed by atoms with Gasteiger partial charge in [0, 0.05) is 35.7 Å². The summed E-state index contributed by atoms with van der Waals surface area (Å²) >= 11 is 1.54. The van der Waals surface area contributed by atoms with Crippen molar-refractivity contribution in [2.45, 2.75) is 59.4 Å². The monoisotopic (exact) mass is 542 g/mol. The second-order valence-corrected chi connectivity index (χ2v) is 10.8. The number of amides is 2. The number of thiophene rings is 1. The first-order valence-electron chi connectivity index (χ1n) is 12.5. The van der Waals surface area contributed by atoms with Gasteiger partial charge in [0.25, 0.3) is 5.91 Å². The Bertz CT molecular complexity index is 1290. The van der Waals surface area contributed by atoms with Crippen LogP contribution < -0.4 is 24.8 Å². The first kappa shape index (κ1) is 27.3. The van der Waals surface area contributed by atoms with E-state index in [0.717, 1.165) is 16.9 Å². The van der Waals surface area contributed by atoms with Crippen LogP contribution in [0.2, 0.25) is 0 Å². The van der Waals surface area contributed by atoms with Crippen LogP contribution in [0.15, 0.2) is 29.0 Å². The van der Waals surface area contributed by atoms with Gasteiger partial charge >= 0.3 is 6.09 Å². The molecule has 0 fully saturated rings. The molecule has 3 heterocycles. The lowest BCUT2D eigenvalue weighted by Gasteiger charge is -2.22. The number of carbonyl (C=O) groups is 2. The van der Waals surface area contributed by atoms with E-state index in [1.807, 2.05) is 36.7 Å². The van der Waals surface area contributed by atoms with Crippen LogP contribution in [0.1, 0.15) is 57.1 Å². The zero-order valence-corrected chi connectivity index (χ0v) is 23.4. The van der Waals surface area contributed by atoms with Gasteiger partial charge in [0.1, 0.15) is 18.0 Å². The average Bonchev–Trinajstić information content (AvgIpc) is 3.50. The Labute approximate surface area is 226 Å². The summed E-state index contributed by atoms with van der Waals surface area (Å²) in [5.41, 5.74) is 2.81. The molecule has 1 aromatic carbocycles. The molecule has 2 amide bonds. The molecule has 1 aliphatic heterocycles. The Balaban J connectivity index is 1.57. The highest BCUT2D eigenvalue weighted by Crippen LogP contribution is 2.46. The number of carbonyl (C=O) groups excluding carboxylic acids is 2. The van der Waals surface area contributed by atoms with Crippen molar-refractivity contribution in [2.75, 3.05) is 20.2 Å². The van der Waals surface area contributed by atoms with Crippen molar-refractivity contribution >= 4 is 23.3 Å². The third-order valence-electron chi connectivity index (χ3n) is 5.51. The van der Waals surface area contributed by atoms with Gasteiger partial charge in [0.05, 0.1) is 24.6 Å². The molecule has 0 saturated heterocycles. The lowest BCUT2D eigenvalue weighted by molar-refractivity contribution is 0.0527. The van der Waals surface area contributed by atoms with Crippen LogP contribution in [-0.4, -0.2) is 53.7 Å². The lowest BCUT2D eigenvalue weighted by atomic mass is 10.0. The molecule has 0 atom stereocenters. The molecule has 0 bridgehead atoms. The molecule has 0 saturated carbocycles. The predicted molar refractivity (Wildman–Crippen MR) is 145 cm³/mol. The second-order valence-electron chi connectivity index (χ2n) is 10.1. The Morgan fingerprint density at radius 2 is 1.95 bits per heavy atom. The molecule has 4 rings (SSSR count). The zero-order valence-electron chi connectivity index (χ0n) is 22.5. The van der Waals surface area contributed by atoms with Gasteiger partial charge in [-0.25, -0.2) is 9.48 Å². The number of alkyl carbamates (subject to hydrolysis) is 1. The zero-order chi connectivity index (χ0) is 27.4. The molecule has 0 radical (unpaired) electrons. The van der Waals surface area contributed by atoms with E-state index in [4.69, 9.17) is 24.0 Å². The van der Waals surface area contributed by atoms with E-state index in [2.05, 4.69) is 10.6 Å². The van der Waals surface area contributed by atoms with Crippen molar-refractivity contribution in [1.82, 2.24) is 20.4 Å². The molecule has 0 spiro atoms. The number of hydrogen-bond acceptors (Lipinski definition) is 8. The fourth-order valence-corrected chi connectivity index (χ4v) is 4.61. The Morgan fingerprint density at radius 3 is 2.61 bits per heavy atom. The first-order valence-corrected chi connectivity index (χ1v) is 13.4. The van der Waals surface area contributed by atoms with Crippen molar-refractivity contribution in [3.8, 4) is 34.2 Å². The van der Waals surface area contributed by atoms with Crippen LogP contribution in [0, 0.1) is 0 Å². The average molecular weight is 543 g/mol. The van der Waals surface area contributed by atoms with Gasteiger partial charge in [-0.05, 0) is 58.6 Å². The lowest BCUT2D eigenvalue weighted by Crippen LogP contribution is -2.34. The molecular weight excluding hydrogens is 508 g/mol. The van der Waals surface area contributed by atoms with E-state index in [-0.39, 0.29) is 18.6 Å². The molecule has 2 aromatic heterocycles. The Hall–Kier alpha value is -3.73. The largest absolute Gasteiger partial charge is 0.493 e. The molecular formula is C27H34N4O6S. The maximum atomic E-state index is 13.2. The van der Waals surface area contributed by atoms with E-state index in [1.165, 1.54) is 0 Å². The third-order valence-corrected chi connectivity index (χ3v) is 6.18. The summed E-state index contributed by atoms with van der Waals surface area (Å²) in [7, 11) is 1.59. The fraction of sp³-hybridized carbons (Fsp3) is 0.444.